The molecule has 1 fully saturated rings. The summed E-state index contributed by atoms with van der Waals surface area (Å²) in [6, 6.07) is 2.27. The molecule has 1 unspecified atom stereocenters. The first-order valence-electron chi connectivity index (χ1n) is 10.4. The number of benzene rings is 1. The van der Waals surface area contributed by atoms with Gasteiger partial charge in [0.2, 0.25) is 20.0 Å². The second-order valence-corrected chi connectivity index (χ2v) is 11.0. The minimum Gasteiger partial charge on any atom is -0.371 e. The van der Waals surface area contributed by atoms with E-state index < -0.39 is 35.9 Å². The topological polar surface area (TPSA) is 199 Å². The van der Waals surface area contributed by atoms with Crippen molar-refractivity contribution in [3.05, 3.63) is 17.7 Å². The van der Waals surface area contributed by atoms with Crippen LogP contribution in [0.25, 0.3) is 0 Å². The van der Waals surface area contributed by atoms with E-state index in [1.807, 2.05) is 4.90 Å². The maximum absolute atomic E-state index is 13.2. The van der Waals surface area contributed by atoms with Gasteiger partial charge in [-0.1, -0.05) is 6.92 Å². The monoisotopic (exact) mass is 486 g/mol. The van der Waals surface area contributed by atoms with E-state index in [4.69, 9.17) is 16.6 Å². The van der Waals surface area contributed by atoms with Gasteiger partial charge in [0.15, 0.2) is 12.5 Å². The van der Waals surface area contributed by atoms with Crippen LogP contribution in [0.5, 0.6) is 0 Å². The number of azo groups is 1. The standard InChI is InChI=1S/C18H30N8O4S2/c1-2-13(10-20)25-32(29,30)15-4-3-14(26-7-5-12(9-19)6-8-26)16(17(15)31(21,27)28)18-22-11-23-24-18/h3-4,12-13,25H,2,5-11,19-20H2,1H3,(H2,21,27,28). The Kier molecular flexibility index (Phi) is 7.62. The Labute approximate surface area is 188 Å². The first kappa shape index (κ1) is 24.7. The third kappa shape index (κ3) is 5.15. The fraction of sp³-hybridized carbons (Fsp3) is 0.611. The van der Waals surface area contributed by atoms with Gasteiger partial charge < -0.3 is 16.4 Å². The van der Waals surface area contributed by atoms with Crippen molar-refractivity contribution in [1.82, 2.24) is 4.72 Å². The summed E-state index contributed by atoms with van der Waals surface area (Å²) >= 11 is 0. The lowest BCUT2D eigenvalue weighted by Crippen LogP contribution is -2.41. The lowest BCUT2D eigenvalue weighted by Gasteiger charge is -2.34. The minimum absolute atomic E-state index is 0.0222. The number of rotatable bonds is 9. The number of anilines is 1. The number of aliphatic imine (C=N–C) groups is 1. The van der Waals surface area contributed by atoms with Crippen LogP contribution in [-0.2, 0) is 20.0 Å². The zero-order valence-electron chi connectivity index (χ0n) is 17.9. The van der Waals surface area contributed by atoms with Gasteiger partial charge in [-0.05, 0) is 43.9 Å². The van der Waals surface area contributed by atoms with Crippen LogP contribution in [0, 0.1) is 5.92 Å². The van der Waals surface area contributed by atoms with Gasteiger partial charge in [-0.3, -0.25) is 0 Å². The smallest absolute Gasteiger partial charge is 0.242 e. The maximum Gasteiger partial charge on any atom is 0.242 e. The summed E-state index contributed by atoms with van der Waals surface area (Å²) in [5.41, 5.74) is 12.0. The first-order chi connectivity index (χ1) is 15.1. The van der Waals surface area contributed by atoms with Crippen molar-refractivity contribution in [2.75, 3.05) is 37.7 Å². The third-order valence-electron chi connectivity index (χ3n) is 5.73. The molecule has 0 amide bonds. The van der Waals surface area contributed by atoms with Crippen molar-refractivity contribution in [2.45, 2.75) is 42.0 Å². The number of hydrogen-bond acceptors (Lipinski definition) is 10. The summed E-state index contributed by atoms with van der Waals surface area (Å²) in [7, 11) is -8.75. The van der Waals surface area contributed by atoms with E-state index in [-0.39, 0.29) is 24.6 Å². The van der Waals surface area contributed by atoms with E-state index in [2.05, 4.69) is 19.9 Å². The second-order valence-electron chi connectivity index (χ2n) is 7.82. The number of nitrogens with zero attached hydrogens (tertiary/aromatic N) is 4. The van der Waals surface area contributed by atoms with Crippen molar-refractivity contribution in [3.8, 4) is 0 Å². The third-order valence-corrected chi connectivity index (χ3v) is 8.42. The molecule has 12 nitrogen and oxygen atoms in total. The molecule has 1 aromatic rings. The molecule has 1 atom stereocenters. The van der Waals surface area contributed by atoms with Crippen LogP contribution in [0.2, 0.25) is 0 Å². The highest BCUT2D eigenvalue weighted by Gasteiger charge is 2.34. The predicted molar refractivity (Wildman–Crippen MR) is 122 cm³/mol. The quantitative estimate of drug-likeness (QED) is 0.367. The van der Waals surface area contributed by atoms with Gasteiger partial charge >= 0.3 is 0 Å². The highest BCUT2D eigenvalue weighted by molar-refractivity contribution is 7.92. The molecule has 3 rings (SSSR count). The van der Waals surface area contributed by atoms with Gasteiger partial charge in [0, 0.05) is 31.4 Å². The van der Waals surface area contributed by atoms with E-state index in [0.29, 0.717) is 37.7 Å². The lowest BCUT2D eigenvalue weighted by atomic mass is 9.96. The van der Waals surface area contributed by atoms with Crippen LogP contribution >= 0.6 is 0 Å². The molecule has 2 aliphatic heterocycles. The van der Waals surface area contributed by atoms with Gasteiger partial charge in [-0.2, -0.15) is 5.11 Å². The molecule has 0 aliphatic carbocycles. The summed E-state index contributed by atoms with van der Waals surface area (Å²) in [6.07, 6.45) is 2.08. The van der Waals surface area contributed by atoms with Gasteiger partial charge in [0.1, 0.15) is 9.79 Å². The number of hydrogen-bond donors (Lipinski definition) is 4. The van der Waals surface area contributed by atoms with Crippen LogP contribution in [0.3, 0.4) is 0 Å². The van der Waals surface area contributed by atoms with Crippen LogP contribution in [0.1, 0.15) is 31.7 Å². The zero-order chi connectivity index (χ0) is 23.5. The highest BCUT2D eigenvalue weighted by Crippen LogP contribution is 2.36. The van der Waals surface area contributed by atoms with Gasteiger partial charge in [0.05, 0.1) is 5.56 Å². The van der Waals surface area contributed by atoms with Gasteiger partial charge in [-0.25, -0.2) is 31.7 Å². The van der Waals surface area contributed by atoms with Crippen LogP contribution < -0.4 is 26.2 Å². The van der Waals surface area contributed by atoms with Gasteiger partial charge in [0.25, 0.3) is 0 Å². The van der Waals surface area contributed by atoms with Crippen LogP contribution in [0.4, 0.5) is 5.69 Å². The molecule has 178 valence electrons. The van der Waals surface area contributed by atoms with Crippen molar-refractivity contribution < 1.29 is 16.8 Å². The summed E-state index contributed by atoms with van der Waals surface area (Å²) in [5.74, 6) is 0.412. The summed E-state index contributed by atoms with van der Waals surface area (Å²) in [5, 5.41) is 13.3. The molecule has 32 heavy (non-hydrogen) atoms. The fourth-order valence-corrected chi connectivity index (χ4v) is 6.80. The molecule has 2 aliphatic rings. The molecular formula is C18H30N8O4S2. The Hall–Kier alpha value is -1.97. The number of nitrogens with one attached hydrogen (secondary N) is 1. The Balaban J connectivity index is 2.21. The normalized spacial score (nSPS) is 18.8. The summed E-state index contributed by atoms with van der Waals surface area (Å²) in [6.45, 7) is 3.68. The molecular weight excluding hydrogens is 456 g/mol. The highest BCUT2D eigenvalue weighted by atomic mass is 32.2. The Morgan fingerprint density at radius 2 is 1.88 bits per heavy atom. The second kappa shape index (κ2) is 9.89. The molecule has 1 saturated heterocycles. The van der Waals surface area contributed by atoms with Gasteiger partial charge in [-0.15, -0.1) is 5.11 Å². The molecule has 1 aromatic carbocycles. The SMILES string of the molecule is CCC(CN)NS(=O)(=O)c1ccc(N2CCC(CN)CC2)c(C2=NCN=N2)c1S(N)(=O)=O. The number of primary sulfonamides is 1. The van der Waals surface area contributed by atoms with Crippen LogP contribution in [0.15, 0.2) is 37.1 Å². The Morgan fingerprint density at radius 3 is 2.38 bits per heavy atom. The zero-order valence-corrected chi connectivity index (χ0v) is 19.6. The molecule has 0 aromatic heterocycles. The molecule has 14 heteroatoms. The Morgan fingerprint density at radius 1 is 1.19 bits per heavy atom. The van der Waals surface area contributed by atoms with Crippen molar-refractivity contribution in [2.24, 2.45) is 37.7 Å². The average molecular weight is 487 g/mol. The molecule has 0 bridgehead atoms. The van der Waals surface area contributed by atoms with Crippen molar-refractivity contribution >= 4 is 31.6 Å². The van der Waals surface area contributed by atoms with Crippen molar-refractivity contribution in [1.29, 1.82) is 0 Å². The number of piperidine rings is 1. The number of sulfonamides is 2. The van der Waals surface area contributed by atoms with E-state index in [0.717, 1.165) is 12.8 Å². The Bertz CT molecular complexity index is 1110. The van der Waals surface area contributed by atoms with E-state index in [1.54, 1.807) is 13.0 Å². The average Bonchev–Trinajstić information content (AvgIpc) is 3.30. The van der Waals surface area contributed by atoms with E-state index in [9.17, 15) is 16.8 Å². The largest absolute Gasteiger partial charge is 0.371 e. The van der Waals surface area contributed by atoms with Crippen molar-refractivity contribution in [3.63, 3.8) is 0 Å². The van der Waals surface area contributed by atoms with E-state index in [1.165, 1.54) is 6.07 Å². The van der Waals surface area contributed by atoms with E-state index >= 15 is 0 Å². The number of amidine groups is 1. The fourth-order valence-electron chi connectivity index (χ4n) is 3.88. The molecule has 7 N–H and O–H groups in total. The molecule has 0 saturated carbocycles. The van der Waals surface area contributed by atoms with Crippen LogP contribution in [-0.4, -0.2) is 61.6 Å². The summed E-state index contributed by atoms with van der Waals surface area (Å²) < 4.78 is 54.2. The predicted octanol–water partition coefficient (Wildman–Crippen LogP) is -0.305. The number of nitrogens with two attached hydrogens (primary N) is 3. The summed E-state index contributed by atoms with van der Waals surface area (Å²) in [4.78, 5) is 5.13. The molecule has 0 radical (unpaired) electrons. The maximum atomic E-state index is 13.2. The first-order valence-corrected chi connectivity index (χ1v) is 13.4. The molecule has 2 heterocycles. The lowest BCUT2D eigenvalue weighted by molar-refractivity contribution is 0.414. The molecule has 0 spiro atoms. The minimum atomic E-state index is -4.49.